The van der Waals surface area contributed by atoms with E-state index in [1.165, 1.54) is 0 Å². The van der Waals surface area contributed by atoms with Crippen molar-refractivity contribution in [3.63, 3.8) is 0 Å². The zero-order chi connectivity index (χ0) is 10.7. The number of nitrogens with one attached hydrogen (secondary N) is 1. The lowest BCUT2D eigenvalue weighted by Crippen LogP contribution is -2.22. The zero-order valence-electron chi connectivity index (χ0n) is 8.98. The third-order valence-electron chi connectivity index (χ3n) is 2.70. The van der Waals surface area contributed by atoms with E-state index in [2.05, 4.69) is 15.2 Å². The minimum absolute atomic E-state index is 0.155. The summed E-state index contributed by atoms with van der Waals surface area (Å²) in [7, 11) is 1.87. The van der Waals surface area contributed by atoms with Gasteiger partial charge in [0.15, 0.2) is 0 Å². The molecule has 0 amide bonds. The fourth-order valence-corrected chi connectivity index (χ4v) is 1.89. The third-order valence-corrected chi connectivity index (χ3v) is 2.70. The van der Waals surface area contributed by atoms with Gasteiger partial charge in [-0.3, -0.25) is 4.90 Å². The van der Waals surface area contributed by atoms with Gasteiger partial charge in [0, 0.05) is 26.7 Å². The van der Waals surface area contributed by atoms with E-state index in [0.29, 0.717) is 0 Å². The van der Waals surface area contributed by atoms with Crippen LogP contribution in [0, 0.1) is 0 Å². The normalized spacial score (nSPS) is 21.9. The van der Waals surface area contributed by atoms with Crippen molar-refractivity contribution in [3.05, 3.63) is 23.9 Å². The number of nitrogens with zero attached hydrogens (tertiary/aromatic N) is 2. The van der Waals surface area contributed by atoms with E-state index < -0.39 is 0 Å². The summed E-state index contributed by atoms with van der Waals surface area (Å²) in [6, 6.07) is 5.97. The van der Waals surface area contributed by atoms with Crippen molar-refractivity contribution < 1.29 is 5.11 Å². The fourth-order valence-electron chi connectivity index (χ4n) is 1.89. The number of β-amino-alcohol motifs (C(OH)–C–C–N with tert-alkyl or cyclic N) is 1. The molecule has 1 aliphatic heterocycles. The maximum Gasteiger partial charge on any atom is 0.126 e. The molecule has 2 rings (SSSR count). The fraction of sp³-hybridized carbons (Fsp3) is 0.545. The van der Waals surface area contributed by atoms with Crippen LogP contribution in [0.1, 0.15) is 12.1 Å². The highest BCUT2D eigenvalue weighted by Crippen LogP contribution is 2.13. The topological polar surface area (TPSA) is 48.4 Å². The first kappa shape index (κ1) is 10.4. The molecule has 15 heavy (non-hydrogen) atoms. The molecule has 1 atom stereocenters. The summed E-state index contributed by atoms with van der Waals surface area (Å²) in [6.45, 7) is 2.56. The Morgan fingerprint density at radius 3 is 3.13 bits per heavy atom. The predicted molar refractivity (Wildman–Crippen MR) is 59.7 cm³/mol. The van der Waals surface area contributed by atoms with Crippen molar-refractivity contribution in [3.8, 4) is 0 Å². The highest BCUT2D eigenvalue weighted by atomic mass is 16.3. The summed E-state index contributed by atoms with van der Waals surface area (Å²) in [5, 5.41) is 12.4. The molecule has 1 saturated heterocycles. The molecule has 4 heteroatoms. The molecule has 0 radical (unpaired) electrons. The smallest absolute Gasteiger partial charge is 0.126 e. The number of aliphatic hydroxyl groups is 1. The predicted octanol–water partition coefficient (Wildman–Crippen LogP) is 0.690. The Labute approximate surface area is 89.9 Å². The Bertz CT molecular complexity index is 329. The number of aliphatic hydroxyl groups excluding tert-OH is 1. The van der Waals surface area contributed by atoms with Gasteiger partial charge in [-0.05, 0) is 18.6 Å². The molecule has 0 aromatic carbocycles. The standard InChI is InChI=1S/C11H17N3O/c1-12-11-4-2-3-9(13-11)7-14-6-5-10(15)8-14/h2-4,10,15H,5-8H2,1H3,(H,12,13). The molecule has 1 aromatic rings. The first-order chi connectivity index (χ1) is 7.28. The summed E-state index contributed by atoms with van der Waals surface area (Å²) in [6.07, 6.45) is 0.726. The first-order valence-corrected chi connectivity index (χ1v) is 5.32. The van der Waals surface area contributed by atoms with Gasteiger partial charge in [-0.2, -0.15) is 0 Å². The van der Waals surface area contributed by atoms with E-state index in [1.54, 1.807) is 0 Å². The second-order valence-electron chi connectivity index (χ2n) is 3.94. The van der Waals surface area contributed by atoms with Gasteiger partial charge in [-0.1, -0.05) is 6.07 Å². The molecule has 1 unspecified atom stereocenters. The number of anilines is 1. The van der Waals surface area contributed by atoms with Crippen LogP contribution >= 0.6 is 0 Å². The molecular formula is C11H17N3O. The molecule has 0 saturated carbocycles. The monoisotopic (exact) mass is 207 g/mol. The summed E-state index contributed by atoms with van der Waals surface area (Å²) in [5.74, 6) is 0.896. The van der Waals surface area contributed by atoms with Gasteiger partial charge in [0.05, 0.1) is 11.8 Å². The molecule has 0 bridgehead atoms. The average Bonchev–Trinajstić information content (AvgIpc) is 2.64. The second kappa shape index (κ2) is 4.59. The largest absolute Gasteiger partial charge is 0.392 e. The van der Waals surface area contributed by atoms with Crippen LogP contribution in [-0.2, 0) is 6.54 Å². The molecule has 2 N–H and O–H groups in total. The zero-order valence-corrected chi connectivity index (χ0v) is 8.98. The summed E-state index contributed by atoms with van der Waals surface area (Å²) in [4.78, 5) is 6.67. The first-order valence-electron chi connectivity index (χ1n) is 5.32. The number of hydrogen-bond acceptors (Lipinski definition) is 4. The van der Waals surface area contributed by atoms with Crippen molar-refractivity contribution in [1.29, 1.82) is 0 Å². The Balaban J connectivity index is 1.98. The van der Waals surface area contributed by atoms with Crippen molar-refractivity contribution >= 4 is 5.82 Å². The van der Waals surface area contributed by atoms with E-state index in [1.807, 2.05) is 25.2 Å². The van der Waals surface area contributed by atoms with Crippen LogP contribution < -0.4 is 5.32 Å². The molecule has 4 nitrogen and oxygen atoms in total. The van der Waals surface area contributed by atoms with Crippen LogP contribution in [0.5, 0.6) is 0 Å². The number of rotatable bonds is 3. The van der Waals surface area contributed by atoms with Crippen molar-refractivity contribution in [2.75, 3.05) is 25.5 Å². The SMILES string of the molecule is CNc1cccc(CN2CCC(O)C2)n1. The molecule has 1 aliphatic rings. The molecule has 82 valence electrons. The molecule has 0 spiro atoms. The van der Waals surface area contributed by atoms with Crippen molar-refractivity contribution in [2.45, 2.75) is 19.1 Å². The van der Waals surface area contributed by atoms with Crippen LogP contribution in [0.25, 0.3) is 0 Å². The van der Waals surface area contributed by atoms with Crippen LogP contribution in [-0.4, -0.2) is 41.2 Å². The summed E-state index contributed by atoms with van der Waals surface area (Å²) >= 11 is 0. The maximum absolute atomic E-state index is 9.40. The van der Waals surface area contributed by atoms with Gasteiger partial charge in [0.2, 0.25) is 0 Å². The number of hydrogen-bond donors (Lipinski definition) is 2. The van der Waals surface area contributed by atoms with E-state index in [0.717, 1.165) is 37.6 Å². The van der Waals surface area contributed by atoms with E-state index in [4.69, 9.17) is 0 Å². The lowest BCUT2D eigenvalue weighted by molar-refractivity contribution is 0.174. The maximum atomic E-state index is 9.40. The van der Waals surface area contributed by atoms with Gasteiger partial charge in [-0.25, -0.2) is 4.98 Å². The molecule has 1 aromatic heterocycles. The lowest BCUT2D eigenvalue weighted by atomic mass is 10.3. The Morgan fingerprint density at radius 2 is 2.47 bits per heavy atom. The van der Waals surface area contributed by atoms with Gasteiger partial charge in [-0.15, -0.1) is 0 Å². The minimum Gasteiger partial charge on any atom is -0.392 e. The number of pyridine rings is 1. The lowest BCUT2D eigenvalue weighted by Gasteiger charge is -2.14. The number of aromatic nitrogens is 1. The second-order valence-corrected chi connectivity index (χ2v) is 3.94. The average molecular weight is 207 g/mol. The molecule has 1 fully saturated rings. The third kappa shape index (κ3) is 2.67. The van der Waals surface area contributed by atoms with Gasteiger partial charge >= 0.3 is 0 Å². The molecular weight excluding hydrogens is 190 g/mol. The van der Waals surface area contributed by atoms with E-state index >= 15 is 0 Å². The Morgan fingerprint density at radius 1 is 1.60 bits per heavy atom. The van der Waals surface area contributed by atoms with Crippen molar-refractivity contribution in [1.82, 2.24) is 9.88 Å². The van der Waals surface area contributed by atoms with Crippen LogP contribution in [0.3, 0.4) is 0 Å². The summed E-state index contributed by atoms with van der Waals surface area (Å²) < 4.78 is 0. The Hall–Kier alpha value is -1.13. The van der Waals surface area contributed by atoms with Crippen molar-refractivity contribution in [2.24, 2.45) is 0 Å². The van der Waals surface area contributed by atoms with Crippen LogP contribution in [0.15, 0.2) is 18.2 Å². The Kier molecular flexibility index (Phi) is 3.18. The van der Waals surface area contributed by atoms with Gasteiger partial charge < -0.3 is 10.4 Å². The highest BCUT2D eigenvalue weighted by Gasteiger charge is 2.20. The van der Waals surface area contributed by atoms with Crippen LogP contribution in [0.4, 0.5) is 5.82 Å². The molecule has 2 heterocycles. The number of likely N-dealkylation sites (tertiary alicyclic amines) is 1. The van der Waals surface area contributed by atoms with E-state index in [9.17, 15) is 5.11 Å². The highest BCUT2D eigenvalue weighted by molar-refractivity contribution is 5.34. The quantitative estimate of drug-likeness (QED) is 0.765. The van der Waals surface area contributed by atoms with Crippen LogP contribution in [0.2, 0.25) is 0 Å². The summed E-state index contributed by atoms with van der Waals surface area (Å²) in [5.41, 5.74) is 1.05. The van der Waals surface area contributed by atoms with Gasteiger partial charge in [0.1, 0.15) is 5.82 Å². The van der Waals surface area contributed by atoms with Gasteiger partial charge in [0.25, 0.3) is 0 Å². The minimum atomic E-state index is -0.155. The van der Waals surface area contributed by atoms with E-state index in [-0.39, 0.29) is 6.10 Å². The molecule has 0 aliphatic carbocycles.